The second kappa shape index (κ2) is 6.62. The number of aromatic amines is 1. The number of anilines is 2. The number of hydrogen-bond donors (Lipinski definition) is 2. The molecule has 0 saturated heterocycles. The molecule has 0 unspecified atom stereocenters. The van der Waals surface area contributed by atoms with E-state index >= 15 is 0 Å². The fraction of sp³-hybridized carbons (Fsp3) is 0.0769. The summed E-state index contributed by atoms with van der Waals surface area (Å²) in [5.41, 5.74) is 11.8. The van der Waals surface area contributed by atoms with Crippen molar-refractivity contribution in [2.45, 2.75) is 6.92 Å². The van der Waals surface area contributed by atoms with Crippen molar-refractivity contribution in [1.82, 2.24) is 0 Å². The van der Waals surface area contributed by atoms with E-state index in [1.807, 2.05) is 35.7 Å². The standard InChI is InChI=1S/C13H14N6OS/c1-9(20)19(11-5-3-2-4-6-11)13-17-10(8-21-13)7-16-18-12(14)15/h2-8H,1H3,(H4,14,15,18)/p+1/b16-7+. The summed E-state index contributed by atoms with van der Waals surface area (Å²) < 4.78 is 0. The lowest BCUT2D eigenvalue weighted by molar-refractivity contribution is -0.357. The molecule has 0 aliphatic carbocycles. The van der Waals surface area contributed by atoms with Crippen LogP contribution in [-0.2, 0) is 4.79 Å². The molecule has 1 amide bonds. The second-order valence-corrected chi connectivity index (χ2v) is 4.94. The first kappa shape index (κ1) is 14.7. The minimum atomic E-state index is -0.114. The highest BCUT2D eigenvalue weighted by molar-refractivity contribution is 7.13. The summed E-state index contributed by atoms with van der Waals surface area (Å²) in [5.74, 6) is -0.205. The fourth-order valence-corrected chi connectivity index (χ4v) is 2.52. The third-order valence-corrected chi connectivity index (χ3v) is 3.33. The van der Waals surface area contributed by atoms with Crippen molar-refractivity contribution in [2.24, 2.45) is 21.7 Å². The largest absolute Gasteiger partial charge is 0.369 e. The van der Waals surface area contributed by atoms with Crippen LogP contribution in [0.4, 0.5) is 10.8 Å². The molecule has 0 fully saturated rings. The molecule has 0 aliphatic rings. The van der Waals surface area contributed by atoms with Crippen LogP contribution in [0.5, 0.6) is 0 Å². The molecule has 0 spiro atoms. The molecule has 5 N–H and O–H groups in total. The zero-order valence-corrected chi connectivity index (χ0v) is 12.2. The molecular weight excluding hydrogens is 288 g/mol. The van der Waals surface area contributed by atoms with Gasteiger partial charge in [-0.25, -0.2) is 9.78 Å². The van der Waals surface area contributed by atoms with Gasteiger partial charge >= 0.3 is 11.0 Å². The highest BCUT2D eigenvalue weighted by atomic mass is 32.1. The van der Waals surface area contributed by atoms with Gasteiger partial charge in [0.05, 0.1) is 6.21 Å². The summed E-state index contributed by atoms with van der Waals surface area (Å²) in [4.78, 5) is 16.6. The minimum Gasteiger partial charge on any atom is -0.369 e. The minimum absolute atomic E-state index is 0.0907. The Morgan fingerprint density at radius 2 is 2.05 bits per heavy atom. The lowest BCUT2D eigenvalue weighted by Gasteiger charge is -2.09. The number of nitrogens with one attached hydrogen (secondary N) is 1. The number of nitrogens with zero attached hydrogens (tertiary/aromatic N) is 3. The van der Waals surface area contributed by atoms with Gasteiger partial charge in [0.2, 0.25) is 5.96 Å². The SMILES string of the molecule is CC(=O)N(c1ccccc1)c1[nH+]c(/C=N/N=C(N)N)cs1. The summed E-state index contributed by atoms with van der Waals surface area (Å²) >= 11 is 1.39. The molecule has 8 heteroatoms. The van der Waals surface area contributed by atoms with Crippen molar-refractivity contribution in [3.63, 3.8) is 0 Å². The maximum atomic E-state index is 11.9. The van der Waals surface area contributed by atoms with Crippen LogP contribution < -0.4 is 21.4 Å². The molecule has 2 aromatic rings. The number of H-pyrrole nitrogens is 1. The van der Waals surface area contributed by atoms with Gasteiger partial charge in [0.15, 0.2) is 5.69 Å². The lowest BCUT2D eigenvalue weighted by Crippen LogP contribution is -2.27. The van der Waals surface area contributed by atoms with E-state index in [9.17, 15) is 4.79 Å². The van der Waals surface area contributed by atoms with Gasteiger partial charge in [0.1, 0.15) is 5.69 Å². The Morgan fingerprint density at radius 3 is 2.67 bits per heavy atom. The first-order chi connectivity index (χ1) is 10.1. The zero-order valence-electron chi connectivity index (χ0n) is 11.4. The number of rotatable bonds is 4. The molecule has 7 nitrogen and oxygen atoms in total. The van der Waals surface area contributed by atoms with Crippen LogP contribution >= 0.6 is 11.3 Å². The number of carbonyl (C=O) groups is 1. The van der Waals surface area contributed by atoms with Crippen LogP contribution in [0.2, 0.25) is 0 Å². The molecule has 2 rings (SSSR count). The maximum absolute atomic E-state index is 11.9. The number of guanidine groups is 1. The summed E-state index contributed by atoms with van der Waals surface area (Å²) in [6, 6.07) is 9.37. The Morgan fingerprint density at radius 1 is 1.33 bits per heavy atom. The van der Waals surface area contributed by atoms with Gasteiger partial charge in [0.25, 0.3) is 0 Å². The topological polar surface area (TPSA) is 111 Å². The Labute approximate surface area is 125 Å². The molecule has 0 aliphatic heterocycles. The van der Waals surface area contributed by atoms with Gasteiger partial charge in [-0.3, -0.25) is 0 Å². The van der Waals surface area contributed by atoms with Gasteiger partial charge in [-0.15, -0.1) is 5.10 Å². The van der Waals surface area contributed by atoms with E-state index < -0.39 is 0 Å². The third-order valence-electron chi connectivity index (χ3n) is 2.45. The van der Waals surface area contributed by atoms with Crippen molar-refractivity contribution < 1.29 is 9.78 Å². The number of hydrogen-bond acceptors (Lipinski definition) is 4. The predicted octanol–water partition coefficient (Wildman–Crippen LogP) is 0.854. The molecule has 0 atom stereocenters. The van der Waals surface area contributed by atoms with Gasteiger partial charge in [-0.2, -0.15) is 10.0 Å². The Kier molecular flexibility index (Phi) is 4.62. The quantitative estimate of drug-likeness (QED) is 0.496. The number of aromatic nitrogens is 1. The van der Waals surface area contributed by atoms with Gasteiger partial charge in [-0.1, -0.05) is 29.5 Å². The molecule has 0 radical (unpaired) electrons. The molecule has 108 valence electrons. The van der Waals surface area contributed by atoms with Crippen LogP contribution in [-0.4, -0.2) is 18.1 Å². The molecule has 1 aromatic heterocycles. The number of nitrogens with two attached hydrogens (primary N) is 2. The summed E-state index contributed by atoms with van der Waals surface area (Å²) in [6.07, 6.45) is 1.48. The van der Waals surface area contributed by atoms with Crippen molar-refractivity contribution in [3.8, 4) is 0 Å². The highest BCUT2D eigenvalue weighted by Crippen LogP contribution is 2.25. The molecule has 21 heavy (non-hydrogen) atoms. The number of amides is 1. The first-order valence-corrected chi connectivity index (χ1v) is 6.94. The van der Waals surface area contributed by atoms with Crippen molar-refractivity contribution >= 4 is 40.2 Å². The summed E-state index contributed by atoms with van der Waals surface area (Å²) in [7, 11) is 0. The number of para-hydroxylation sites is 1. The maximum Gasteiger partial charge on any atom is 0.347 e. The van der Waals surface area contributed by atoms with E-state index in [-0.39, 0.29) is 11.9 Å². The summed E-state index contributed by atoms with van der Waals surface area (Å²) in [6.45, 7) is 1.51. The summed E-state index contributed by atoms with van der Waals surface area (Å²) in [5, 5.41) is 9.73. The van der Waals surface area contributed by atoms with Crippen LogP contribution in [0.25, 0.3) is 0 Å². The van der Waals surface area contributed by atoms with E-state index in [1.54, 1.807) is 4.90 Å². The highest BCUT2D eigenvalue weighted by Gasteiger charge is 2.25. The Balaban J connectivity index is 2.27. The van der Waals surface area contributed by atoms with Crippen molar-refractivity contribution in [1.29, 1.82) is 0 Å². The second-order valence-electron chi connectivity index (χ2n) is 4.08. The van der Waals surface area contributed by atoms with E-state index in [1.165, 1.54) is 24.5 Å². The molecule has 0 bridgehead atoms. The number of thiazole rings is 1. The molecule has 1 heterocycles. The fourth-order valence-electron chi connectivity index (χ4n) is 1.65. The Hall–Kier alpha value is -2.74. The van der Waals surface area contributed by atoms with Crippen molar-refractivity contribution in [2.75, 3.05) is 4.90 Å². The van der Waals surface area contributed by atoms with Crippen LogP contribution in [0.15, 0.2) is 45.9 Å². The van der Waals surface area contributed by atoms with E-state index in [0.29, 0.717) is 10.8 Å². The first-order valence-electron chi connectivity index (χ1n) is 6.06. The lowest BCUT2D eigenvalue weighted by atomic mass is 10.3. The van der Waals surface area contributed by atoms with E-state index in [0.717, 1.165) is 5.69 Å². The average molecular weight is 303 g/mol. The third kappa shape index (κ3) is 3.86. The van der Waals surface area contributed by atoms with Crippen LogP contribution in [0, 0.1) is 0 Å². The predicted molar refractivity (Wildman–Crippen MR) is 83.5 cm³/mol. The van der Waals surface area contributed by atoms with E-state index in [4.69, 9.17) is 11.5 Å². The normalized spacial score (nSPS) is 10.5. The molecule has 1 aromatic carbocycles. The van der Waals surface area contributed by atoms with Crippen LogP contribution in [0.1, 0.15) is 12.6 Å². The molecular formula is C13H15N6OS+. The van der Waals surface area contributed by atoms with Crippen molar-refractivity contribution in [3.05, 3.63) is 41.4 Å². The number of carbonyl (C=O) groups excluding carboxylic acids is 1. The van der Waals surface area contributed by atoms with Gasteiger partial charge in [0, 0.05) is 12.3 Å². The van der Waals surface area contributed by atoms with Gasteiger partial charge in [-0.05, 0) is 12.1 Å². The zero-order chi connectivity index (χ0) is 15.2. The number of benzene rings is 1. The van der Waals surface area contributed by atoms with E-state index in [2.05, 4.69) is 15.2 Å². The van der Waals surface area contributed by atoms with Gasteiger partial charge < -0.3 is 11.5 Å². The van der Waals surface area contributed by atoms with Crippen LogP contribution in [0.3, 0.4) is 0 Å². The smallest absolute Gasteiger partial charge is 0.347 e. The monoisotopic (exact) mass is 303 g/mol. The Bertz CT molecular complexity index is 675. The molecule has 0 saturated carbocycles. The average Bonchev–Trinajstić information content (AvgIpc) is 2.88.